The minimum atomic E-state index is -0.332. The van der Waals surface area contributed by atoms with Gasteiger partial charge in [-0.25, -0.2) is 0 Å². The molecule has 0 saturated heterocycles. The summed E-state index contributed by atoms with van der Waals surface area (Å²) in [6.07, 6.45) is 0.575. The zero-order valence-electron chi connectivity index (χ0n) is 12.7. The third-order valence-corrected chi connectivity index (χ3v) is 3.39. The Hall–Kier alpha value is -1.92. The summed E-state index contributed by atoms with van der Waals surface area (Å²) in [6, 6.07) is 9.94. The van der Waals surface area contributed by atoms with Crippen LogP contribution in [0.2, 0.25) is 5.15 Å². The Kier molecular flexibility index (Phi) is 5.51. The van der Waals surface area contributed by atoms with Gasteiger partial charge in [0.2, 0.25) is 5.95 Å². The number of anilines is 2. The molecule has 0 saturated carbocycles. The quantitative estimate of drug-likeness (QED) is 0.727. The van der Waals surface area contributed by atoms with Gasteiger partial charge in [0.1, 0.15) is 0 Å². The van der Waals surface area contributed by atoms with E-state index in [9.17, 15) is 0 Å². The van der Waals surface area contributed by atoms with Crippen molar-refractivity contribution in [3.05, 3.63) is 41.0 Å². The SMILES string of the molecule is CC(C)(CCO)Nc1nnc(Cl)c(NCc2ccccc2)n1. The molecule has 7 heteroatoms. The second-order valence-corrected chi connectivity index (χ2v) is 5.95. The lowest BCUT2D eigenvalue weighted by molar-refractivity contribution is 0.260. The van der Waals surface area contributed by atoms with Crippen LogP contribution in [0.5, 0.6) is 0 Å². The molecular weight excluding hydrogens is 302 g/mol. The predicted molar refractivity (Wildman–Crippen MR) is 88.0 cm³/mol. The molecule has 1 aromatic carbocycles. The van der Waals surface area contributed by atoms with Crippen LogP contribution in [0.4, 0.5) is 11.8 Å². The fraction of sp³-hybridized carbons (Fsp3) is 0.400. The molecule has 0 aliphatic rings. The van der Waals surface area contributed by atoms with Crippen LogP contribution in [-0.4, -0.2) is 32.4 Å². The van der Waals surface area contributed by atoms with Crippen LogP contribution >= 0.6 is 11.6 Å². The van der Waals surface area contributed by atoms with Crippen molar-refractivity contribution < 1.29 is 5.11 Å². The van der Waals surface area contributed by atoms with Crippen LogP contribution in [0.15, 0.2) is 30.3 Å². The maximum atomic E-state index is 9.06. The molecule has 1 heterocycles. The molecule has 118 valence electrons. The summed E-state index contributed by atoms with van der Waals surface area (Å²) in [6.45, 7) is 4.59. The number of aliphatic hydroxyl groups is 1. The summed E-state index contributed by atoms with van der Waals surface area (Å²) >= 11 is 6.03. The van der Waals surface area contributed by atoms with E-state index in [-0.39, 0.29) is 17.3 Å². The average Bonchev–Trinajstić information content (AvgIpc) is 2.48. The van der Waals surface area contributed by atoms with Crippen LogP contribution in [0.3, 0.4) is 0 Å². The van der Waals surface area contributed by atoms with Gasteiger partial charge in [-0.3, -0.25) is 0 Å². The van der Waals surface area contributed by atoms with Crippen molar-refractivity contribution in [1.29, 1.82) is 0 Å². The van der Waals surface area contributed by atoms with Crippen LogP contribution in [0.1, 0.15) is 25.8 Å². The molecule has 0 spiro atoms. The number of hydrogen-bond donors (Lipinski definition) is 3. The average molecular weight is 322 g/mol. The van der Waals surface area contributed by atoms with Gasteiger partial charge in [-0.1, -0.05) is 41.9 Å². The molecule has 0 radical (unpaired) electrons. The number of aliphatic hydroxyl groups excluding tert-OH is 1. The van der Waals surface area contributed by atoms with Crippen LogP contribution in [-0.2, 0) is 6.54 Å². The van der Waals surface area contributed by atoms with Gasteiger partial charge >= 0.3 is 0 Å². The molecule has 1 aromatic heterocycles. The van der Waals surface area contributed by atoms with Gasteiger partial charge < -0.3 is 15.7 Å². The zero-order valence-corrected chi connectivity index (χ0v) is 13.4. The summed E-state index contributed by atoms with van der Waals surface area (Å²) in [4.78, 5) is 4.35. The molecule has 3 N–H and O–H groups in total. The Labute approximate surface area is 135 Å². The maximum Gasteiger partial charge on any atom is 0.245 e. The Morgan fingerprint density at radius 2 is 1.91 bits per heavy atom. The van der Waals surface area contributed by atoms with Gasteiger partial charge in [-0.2, -0.15) is 4.98 Å². The fourth-order valence-electron chi connectivity index (χ4n) is 1.90. The molecule has 0 fully saturated rings. The van der Waals surface area contributed by atoms with Crippen molar-refractivity contribution in [3.63, 3.8) is 0 Å². The van der Waals surface area contributed by atoms with Crippen LogP contribution in [0.25, 0.3) is 0 Å². The first-order valence-corrected chi connectivity index (χ1v) is 7.45. The minimum Gasteiger partial charge on any atom is -0.396 e. The van der Waals surface area contributed by atoms with Crippen molar-refractivity contribution in [2.45, 2.75) is 32.4 Å². The van der Waals surface area contributed by atoms with E-state index in [0.29, 0.717) is 24.7 Å². The van der Waals surface area contributed by atoms with E-state index in [4.69, 9.17) is 16.7 Å². The highest BCUT2D eigenvalue weighted by Crippen LogP contribution is 2.20. The standard InChI is InChI=1S/C15H20ClN5O/c1-15(2,8-9-22)19-14-18-13(12(16)20-21-14)17-10-11-6-4-3-5-7-11/h3-7,22H,8-10H2,1-2H3,(H2,17,18,19,21). The first kappa shape index (κ1) is 16.5. The number of nitrogens with one attached hydrogen (secondary N) is 2. The lowest BCUT2D eigenvalue weighted by Crippen LogP contribution is -2.33. The van der Waals surface area contributed by atoms with E-state index in [1.54, 1.807) is 0 Å². The Balaban J connectivity index is 2.06. The Morgan fingerprint density at radius 1 is 1.18 bits per heavy atom. The number of benzene rings is 1. The molecule has 0 amide bonds. The molecule has 2 rings (SSSR count). The third-order valence-electron chi connectivity index (χ3n) is 3.14. The van der Waals surface area contributed by atoms with E-state index in [1.165, 1.54) is 0 Å². The summed E-state index contributed by atoms with van der Waals surface area (Å²) in [7, 11) is 0. The van der Waals surface area contributed by atoms with Crippen molar-refractivity contribution in [2.75, 3.05) is 17.2 Å². The molecule has 0 unspecified atom stereocenters. The molecule has 2 aromatic rings. The van der Waals surface area contributed by atoms with Gasteiger partial charge in [0, 0.05) is 18.7 Å². The largest absolute Gasteiger partial charge is 0.396 e. The number of rotatable bonds is 7. The topological polar surface area (TPSA) is 83.0 Å². The van der Waals surface area contributed by atoms with Gasteiger partial charge in [0.25, 0.3) is 0 Å². The third kappa shape index (κ3) is 4.82. The van der Waals surface area contributed by atoms with Gasteiger partial charge in [0.05, 0.1) is 0 Å². The highest BCUT2D eigenvalue weighted by atomic mass is 35.5. The molecule has 0 aliphatic heterocycles. The number of halogens is 1. The Morgan fingerprint density at radius 3 is 2.59 bits per heavy atom. The minimum absolute atomic E-state index is 0.0835. The monoisotopic (exact) mass is 321 g/mol. The van der Waals surface area contributed by atoms with E-state index in [2.05, 4.69) is 25.8 Å². The van der Waals surface area contributed by atoms with Crippen molar-refractivity contribution in [1.82, 2.24) is 15.2 Å². The highest BCUT2D eigenvalue weighted by Gasteiger charge is 2.19. The summed E-state index contributed by atoms with van der Waals surface area (Å²) in [5.74, 6) is 0.848. The molecule has 0 atom stereocenters. The molecule has 6 nitrogen and oxygen atoms in total. The van der Waals surface area contributed by atoms with Crippen LogP contribution < -0.4 is 10.6 Å². The predicted octanol–water partition coefficient (Wildman–Crippen LogP) is 2.71. The number of aromatic nitrogens is 3. The van der Waals surface area contributed by atoms with Crippen molar-refractivity contribution >= 4 is 23.4 Å². The zero-order chi connectivity index (χ0) is 16.0. The van der Waals surface area contributed by atoms with E-state index >= 15 is 0 Å². The fourth-order valence-corrected chi connectivity index (χ4v) is 2.05. The lowest BCUT2D eigenvalue weighted by Gasteiger charge is -2.25. The van der Waals surface area contributed by atoms with Gasteiger partial charge in [-0.05, 0) is 25.8 Å². The maximum absolute atomic E-state index is 9.06. The second kappa shape index (κ2) is 7.38. The number of nitrogens with zero attached hydrogens (tertiary/aromatic N) is 3. The molecule has 0 bridgehead atoms. The second-order valence-electron chi connectivity index (χ2n) is 5.60. The van der Waals surface area contributed by atoms with Crippen molar-refractivity contribution in [2.24, 2.45) is 0 Å². The summed E-state index contributed by atoms with van der Waals surface area (Å²) < 4.78 is 0. The first-order valence-electron chi connectivity index (χ1n) is 7.07. The summed E-state index contributed by atoms with van der Waals surface area (Å²) in [5.41, 5.74) is 0.785. The van der Waals surface area contributed by atoms with E-state index < -0.39 is 0 Å². The first-order chi connectivity index (χ1) is 10.5. The van der Waals surface area contributed by atoms with Gasteiger partial charge in [-0.15, -0.1) is 10.2 Å². The van der Waals surface area contributed by atoms with E-state index in [0.717, 1.165) is 5.56 Å². The molecule has 22 heavy (non-hydrogen) atoms. The molecule has 0 aliphatic carbocycles. The number of hydrogen-bond acceptors (Lipinski definition) is 6. The van der Waals surface area contributed by atoms with Crippen molar-refractivity contribution in [3.8, 4) is 0 Å². The van der Waals surface area contributed by atoms with Crippen LogP contribution in [0, 0.1) is 0 Å². The highest BCUT2D eigenvalue weighted by molar-refractivity contribution is 6.31. The van der Waals surface area contributed by atoms with E-state index in [1.807, 2.05) is 44.2 Å². The normalized spacial score (nSPS) is 11.3. The van der Waals surface area contributed by atoms with Gasteiger partial charge in [0.15, 0.2) is 11.0 Å². The Bertz CT molecular complexity index is 606. The molecular formula is C15H20ClN5O. The summed E-state index contributed by atoms with van der Waals surface area (Å²) in [5, 5.41) is 23.4. The lowest BCUT2D eigenvalue weighted by atomic mass is 10.0. The smallest absolute Gasteiger partial charge is 0.245 e.